The smallest absolute Gasteiger partial charge is 0.434 e. The highest BCUT2D eigenvalue weighted by Gasteiger charge is 2.32. The summed E-state index contributed by atoms with van der Waals surface area (Å²) in [5, 5.41) is 11.5. The molecule has 1 N–H and O–H groups in total. The van der Waals surface area contributed by atoms with Crippen LogP contribution in [0.25, 0.3) is 0 Å². The number of carbonyl (C=O) groups is 3. The van der Waals surface area contributed by atoms with E-state index in [-0.39, 0.29) is 30.2 Å². The van der Waals surface area contributed by atoms with Crippen LogP contribution in [0.2, 0.25) is 0 Å². The summed E-state index contributed by atoms with van der Waals surface area (Å²) in [7, 11) is 1.48. The summed E-state index contributed by atoms with van der Waals surface area (Å²) in [6.07, 6.45) is -0.645. The molecule has 0 spiro atoms. The minimum absolute atomic E-state index is 0.0279. The van der Waals surface area contributed by atoms with Gasteiger partial charge in [-0.2, -0.15) is 0 Å². The van der Waals surface area contributed by atoms with Gasteiger partial charge < -0.3 is 9.84 Å². The number of hydrogen-bond donors (Lipinski definition) is 1. The number of nitrogens with zero attached hydrogens (tertiary/aromatic N) is 2. The summed E-state index contributed by atoms with van der Waals surface area (Å²) in [5.41, 5.74) is 1.28. The fraction of sp³-hybridized carbons (Fsp3) is 0.167. The molecule has 1 aliphatic rings. The maximum Gasteiger partial charge on any atom is 0.434 e. The van der Waals surface area contributed by atoms with Crippen LogP contribution in [0.4, 0.5) is 4.79 Å². The Balaban J connectivity index is 1.79. The average molecular weight is 340 g/mol. The van der Waals surface area contributed by atoms with E-state index in [4.69, 9.17) is 4.74 Å². The number of hydrogen-bond acceptors (Lipinski definition) is 4. The first-order chi connectivity index (χ1) is 12.0. The molecule has 128 valence electrons. The van der Waals surface area contributed by atoms with E-state index < -0.39 is 12.1 Å². The number of rotatable bonds is 4. The number of para-hydroxylation sites is 1. The van der Waals surface area contributed by atoms with Gasteiger partial charge in [0.15, 0.2) is 5.75 Å². The summed E-state index contributed by atoms with van der Waals surface area (Å²) < 4.78 is 5.17. The lowest BCUT2D eigenvalue weighted by Gasteiger charge is -2.34. The molecule has 0 aliphatic carbocycles. The monoisotopic (exact) mass is 340 g/mol. The van der Waals surface area contributed by atoms with Crippen molar-refractivity contribution >= 4 is 18.0 Å². The molecule has 2 amide bonds. The first-order valence-electron chi connectivity index (χ1n) is 7.62. The SMILES string of the molecule is CN(C(=O)Cc1ccccc1)N1Cc2cccc(C(=O)O)c2OC1=O. The van der Waals surface area contributed by atoms with E-state index in [1.807, 2.05) is 30.3 Å². The Kier molecular flexibility index (Phi) is 4.38. The number of ether oxygens (including phenoxy) is 1. The second-order valence-corrected chi connectivity index (χ2v) is 5.60. The molecule has 0 aromatic heterocycles. The molecular formula is C18H16N2O5. The molecule has 0 saturated heterocycles. The molecule has 25 heavy (non-hydrogen) atoms. The normalized spacial score (nSPS) is 13.0. The third kappa shape index (κ3) is 3.30. The van der Waals surface area contributed by atoms with Gasteiger partial charge in [0.2, 0.25) is 5.91 Å². The summed E-state index contributed by atoms with van der Waals surface area (Å²) in [4.78, 5) is 35.9. The molecule has 0 radical (unpaired) electrons. The van der Waals surface area contributed by atoms with Crippen LogP contribution >= 0.6 is 0 Å². The molecular weight excluding hydrogens is 324 g/mol. The van der Waals surface area contributed by atoms with Gasteiger partial charge in [-0.25, -0.2) is 14.6 Å². The Labute approximate surface area is 144 Å². The molecule has 2 aromatic carbocycles. The lowest BCUT2D eigenvalue weighted by molar-refractivity contribution is -0.143. The molecule has 0 atom stereocenters. The van der Waals surface area contributed by atoms with Crippen molar-refractivity contribution in [2.45, 2.75) is 13.0 Å². The van der Waals surface area contributed by atoms with Crippen molar-refractivity contribution in [2.24, 2.45) is 0 Å². The lowest BCUT2D eigenvalue weighted by Crippen LogP contribution is -2.50. The predicted octanol–water partition coefficient (Wildman–Crippen LogP) is 2.32. The van der Waals surface area contributed by atoms with E-state index >= 15 is 0 Å². The van der Waals surface area contributed by atoms with Gasteiger partial charge in [-0.1, -0.05) is 42.5 Å². The van der Waals surface area contributed by atoms with Gasteiger partial charge in [0.25, 0.3) is 0 Å². The van der Waals surface area contributed by atoms with Crippen LogP contribution in [0.5, 0.6) is 5.75 Å². The first kappa shape index (κ1) is 16.5. The van der Waals surface area contributed by atoms with Crippen LogP contribution in [0.15, 0.2) is 48.5 Å². The number of likely N-dealkylation sites (N-methyl/N-ethyl adjacent to an activating group) is 1. The maximum absolute atomic E-state index is 12.4. The number of hydrazine groups is 1. The first-order valence-corrected chi connectivity index (χ1v) is 7.62. The second-order valence-electron chi connectivity index (χ2n) is 5.60. The highest BCUT2D eigenvalue weighted by atomic mass is 16.6. The van der Waals surface area contributed by atoms with Crippen LogP contribution in [-0.4, -0.2) is 40.1 Å². The average Bonchev–Trinajstić information content (AvgIpc) is 2.60. The van der Waals surface area contributed by atoms with E-state index in [1.165, 1.54) is 18.1 Å². The number of fused-ring (bicyclic) bond motifs is 1. The van der Waals surface area contributed by atoms with E-state index in [1.54, 1.807) is 12.1 Å². The summed E-state index contributed by atoms with van der Waals surface area (Å²) in [6.45, 7) is 0.0618. The second kappa shape index (κ2) is 6.64. The molecule has 1 heterocycles. The predicted molar refractivity (Wildman–Crippen MR) is 87.9 cm³/mol. The van der Waals surface area contributed by atoms with Gasteiger partial charge in [0.05, 0.1) is 13.0 Å². The van der Waals surface area contributed by atoms with Gasteiger partial charge in [-0.05, 0) is 11.6 Å². The van der Waals surface area contributed by atoms with E-state index in [0.717, 1.165) is 10.6 Å². The number of carboxylic acid groups (broad SMARTS) is 1. The fourth-order valence-electron chi connectivity index (χ4n) is 2.61. The van der Waals surface area contributed by atoms with E-state index in [0.29, 0.717) is 5.56 Å². The Morgan fingerprint density at radius 3 is 2.56 bits per heavy atom. The minimum Gasteiger partial charge on any atom is -0.478 e. The standard InChI is InChI=1S/C18H16N2O5/c1-19(15(21)10-12-6-3-2-4-7-12)20-11-13-8-5-9-14(17(22)23)16(13)25-18(20)24/h2-9H,10-11H2,1H3,(H,22,23). The van der Waals surface area contributed by atoms with Crippen LogP contribution in [0.3, 0.4) is 0 Å². The molecule has 0 fully saturated rings. The summed E-state index contributed by atoms with van der Waals surface area (Å²) in [6, 6.07) is 13.8. The number of carboxylic acids is 1. The van der Waals surface area contributed by atoms with Gasteiger partial charge in [0.1, 0.15) is 5.56 Å². The third-order valence-corrected chi connectivity index (χ3v) is 3.97. The Bertz CT molecular complexity index is 835. The Morgan fingerprint density at radius 1 is 1.16 bits per heavy atom. The molecule has 7 nitrogen and oxygen atoms in total. The highest BCUT2D eigenvalue weighted by molar-refractivity contribution is 5.93. The van der Waals surface area contributed by atoms with Crippen LogP contribution < -0.4 is 4.74 Å². The number of amides is 2. The van der Waals surface area contributed by atoms with Crippen LogP contribution in [0, 0.1) is 0 Å². The molecule has 1 aliphatic heterocycles. The quantitative estimate of drug-likeness (QED) is 0.923. The van der Waals surface area contributed by atoms with Gasteiger partial charge in [-0.3, -0.25) is 9.80 Å². The van der Waals surface area contributed by atoms with Crippen LogP contribution in [0.1, 0.15) is 21.5 Å². The number of aromatic carboxylic acids is 1. The molecule has 7 heteroatoms. The van der Waals surface area contributed by atoms with Gasteiger partial charge in [0, 0.05) is 12.6 Å². The Morgan fingerprint density at radius 2 is 1.88 bits per heavy atom. The summed E-state index contributed by atoms with van der Waals surface area (Å²) >= 11 is 0. The summed E-state index contributed by atoms with van der Waals surface area (Å²) in [5.74, 6) is -1.42. The van der Waals surface area contributed by atoms with Gasteiger partial charge in [-0.15, -0.1) is 0 Å². The molecule has 0 saturated carbocycles. The van der Waals surface area contributed by atoms with Crippen molar-refractivity contribution in [2.75, 3.05) is 7.05 Å². The Hall–Kier alpha value is -3.35. The van der Waals surface area contributed by atoms with E-state index in [2.05, 4.69) is 0 Å². The van der Waals surface area contributed by atoms with Crippen molar-refractivity contribution in [3.8, 4) is 5.75 Å². The lowest BCUT2D eigenvalue weighted by atomic mass is 10.1. The zero-order valence-electron chi connectivity index (χ0n) is 13.5. The fourth-order valence-corrected chi connectivity index (χ4v) is 2.61. The van der Waals surface area contributed by atoms with Crippen molar-refractivity contribution < 1.29 is 24.2 Å². The topological polar surface area (TPSA) is 87.2 Å². The zero-order valence-corrected chi connectivity index (χ0v) is 13.5. The molecule has 2 aromatic rings. The number of benzene rings is 2. The maximum atomic E-state index is 12.4. The molecule has 0 bridgehead atoms. The van der Waals surface area contributed by atoms with E-state index in [9.17, 15) is 19.5 Å². The van der Waals surface area contributed by atoms with Crippen LogP contribution in [-0.2, 0) is 17.8 Å². The number of carbonyl (C=O) groups excluding carboxylic acids is 2. The van der Waals surface area contributed by atoms with Crippen molar-refractivity contribution in [1.29, 1.82) is 0 Å². The van der Waals surface area contributed by atoms with Gasteiger partial charge >= 0.3 is 12.1 Å². The minimum atomic E-state index is -1.17. The van der Waals surface area contributed by atoms with Crippen molar-refractivity contribution in [1.82, 2.24) is 10.0 Å². The third-order valence-electron chi connectivity index (χ3n) is 3.97. The molecule has 0 unspecified atom stereocenters. The largest absolute Gasteiger partial charge is 0.478 e. The highest BCUT2D eigenvalue weighted by Crippen LogP contribution is 2.30. The molecule has 3 rings (SSSR count). The van der Waals surface area contributed by atoms with Crippen molar-refractivity contribution in [3.63, 3.8) is 0 Å². The zero-order chi connectivity index (χ0) is 18.0. The van der Waals surface area contributed by atoms with Crippen molar-refractivity contribution in [3.05, 3.63) is 65.2 Å².